The average Bonchev–Trinajstić information content (AvgIpc) is 3.17. The van der Waals surface area contributed by atoms with Gasteiger partial charge in [-0.3, -0.25) is 0 Å². The number of amides is 1. The molecule has 2 fully saturated rings. The standard InChI is InChI=1S/C18H19BrClFN4O2/c1-18(2,3)27-17(26)25-8-9-6-10(25)7-24(9)15-11-4-5-12(19)13(21)14(11)22-16(20)23-15/h4-5,9-10H,6-8H2,1-3H3/t9-,10-/m1/s1. The van der Waals surface area contributed by atoms with Crippen LogP contribution >= 0.6 is 27.5 Å². The van der Waals surface area contributed by atoms with E-state index in [1.165, 1.54) is 0 Å². The molecule has 2 bridgehead atoms. The number of carbonyl (C=O) groups excluding carboxylic acids is 1. The number of aromatic nitrogens is 2. The first-order valence-corrected chi connectivity index (χ1v) is 9.88. The minimum Gasteiger partial charge on any atom is -0.444 e. The van der Waals surface area contributed by atoms with Gasteiger partial charge in [0.15, 0.2) is 5.82 Å². The highest BCUT2D eigenvalue weighted by molar-refractivity contribution is 9.10. The number of nitrogens with zero attached hydrogens (tertiary/aromatic N) is 4. The van der Waals surface area contributed by atoms with Crippen LogP contribution in [0.1, 0.15) is 27.2 Å². The maximum absolute atomic E-state index is 14.5. The number of hydrogen-bond donors (Lipinski definition) is 0. The maximum Gasteiger partial charge on any atom is 0.410 e. The fourth-order valence-electron chi connectivity index (χ4n) is 3.78. The van der Waals surface area contributed by atoms with Crippen molar-refractivity contribution in [3.05, 3.63) is 27.7 Å². The van der Waals surface area contributed by atoms with Crippen LogP contribution in [0.4, 0.5) is 15.0 Å². The normalized spacial score (nSPS) is 22.0. The van der Waals surface area contributed by atoms with E-state index in [9.17, 15) is 9.18 Å². The molecule has 1 aromatic heterocycles. The van der Waals surface area contributed by atoms with Crippen molar-refractivity contribution in [1.29, 1.82) is 0 Å². The number of fused-ring (bicyclic) bond motifs is 3. The summed E-state index contributed by atoms with van der Waals surface area (Å²) in [6.07, 6.45) is 0.525. The Kier molecular flexibility index (Phi) is 4.46. The predicted octanol–water partition coefficient (Wildman–Crippen LogP) is 4.38. The van der Waals surface area contributed by atoms with Gasteiger partial charge in [0.25, 0.3) is 0 Å². The van der Waals surface area contributed by atoms with Crippen LogP contribution in [0.3, 0.4) is 0 Å². The summed E-state index contributed by atoms with van der Waals surface area (Å²) >= 11 is 9.24. The molecule has 2 atom stereocenters. The lowest BCUT2D eigenvalue weighted by molar-refractivity contribution is 0.0214. The van der Waals surface area contributed by atoms with Gasteiger partial charge in [0, 0.05) is 18.5 Å². The van der Waals surface area contributed by atoms with Crippen molar-refractivity contribution in [2.45, 2.75) is 44.9 Å². The van der Waals surface area contributed by atoms with Crippen LogP contribution in [0.25, 0.3) is 10.9 Å². The summed E-state index contributed by atoms with van der Waals surface area (Å²) < 4.78 is 20.3. The number of carbonyl (C=O) groups is 1. The molecule has 0 radical (unpaired) electrons. The average molecular weight is 458 g/mol. The smallest absolute Gasteiger partial charge is 0.410 e. The molecule has 0 aliphatic carbocycles. The van der Waals surface area contributed by atoms with Gasteiger partial charge < -0.3 is 14.5 Å². The van der Waals surface area contributed by atoms with Crippen molar-refractivity contribution >= 4 is 50.3 Å². The van der Waals surface area contributed by atoms with Crippen LogP contribution < -0.4 is 4.90 Å². The molecular weight excluding hydrogens is 439 g/mol. The van der Waals surface area contributed by atoms with Crippen LogP contribution in [-0.2, 0) is 4.74 Å². The van der Waals surface area contributed by atoms with Crippen molar-refractivity contribution in [2.75, 3.05) is 18.0 Å². The van der Waals surface area contributed by atoms with Gasteiger partial charge in [-0.25, -0.2) is 14.2 Å². The van der Waals surface area contributed by atoms with Gasteiger partial charge in [-0.2, -0.15) is 4.98 Å². The Balaban J connectivity index is 1.63. The van der Waals surface area contributed by atoms with Gasteiger partial charge in [0.2, 0.25) is 5.28 Å². The topological polar surface area (TPSA) is 58.6 Å². The second-order valence-corrected chi connectivity index (χ2v) is 9.09. The van der Waals surface area contributed by atoms with Crippen LogP contribution in [0, 0.1) is 5.82 Å². The van der Waals surface area contributed by atoms with Gasteiger partial charge >= 0.3 is 6.09 Å². The lowest BCUT2D eigenvalue weighted by Gasteiger charge is -2.36. The number of ether oxygens (including phenoxy) is 1. The van der Waals surface area contributed by atoms with Crippen molar-refractivity contribution in [3.63, 3.8) is 0 Å². The molecular formula is C18H19BrClFN4O2. The quantitative estimate of drug-likeness (QED) is 0.595. The van der Waals surface area contributed by atoms with Crippen molar-refractivity contribution in [3.8, 4) is 0 Å². The number of likely N-dealkylation sites (tertiary alicyclic amines) is 1. The first-order valence-electron chi connectivity index (χ1n) is 8.71. The predicted molar refractivity (Wildman–Crippen MR) is 105 cm³/mol. The van der Waals surface area contributed by atoms with Gasteiger partial charge in [-0.15, -0.1) is 0 Å². The van der Waals surface area contributed by atoms with Crippen molar-refractivity contribution in [1.82, 2.24) is 14.9 Å². The Morgan fingerprint density at radius 3 is 2.67 bits per heavy atom. The van der Waals surface area contributed by atoms with E-state index < -0.39 is 11.4 Å². The Bertz CT molecular complexity index is 936. The van der Waals surface area contributed by atoms with Gasteiger partial charge in [0.05, 0.1) is 16.6 Å². The highest BCUT2D eigenvalue weighted by atomic mass is 79.9. The van der Waals surface area contributed by atoms with Crippen LogP contribution in [-0.4, -0.2) is 51.7 Å². The molecule has 1 amide bonds. The summed E-state index contributed by atoms with van der Waals surface area (Å²) in [7, 11) is 0. The number of halogens is 3. The van der Waals surface area contributed by atoms with E-state index in [0.29, 0.717) is 28.8 Å². The van der Waals surface area contributed by atoms with Crippen LogP contribution in [0.5, 0.6) is 0 Å². The number of anilines is 1. The minimum atomic E-state index is -0.528. The molecule has 0 N–H and O–H groups in total. The molecule has 2 aliphatic heterocycles. The Hall–Kier alpha value is -1.67. The number of piperazine rings is 1. The summed E-state index contributed by atoms with van der Waals surface area (Å²) in [4.78, 5) is 24.7. The highest BCUT2D eigenvalue weighted by Crippen LogP contribution is 2.38. The minimum absolute atomic E-state index is 0.00118. The molecule has 9 heteroatoms. The zero-order chi connectivity index (χ0) is 19.5. The Morgan fingerprint density at radius 1 is 1.30 bits per heavy atom. The van der Waals surface area contributed by atoms with E-state index in [2.05, 4.69) is 30.8 Å². The summed E-state index contributed by atoms with van der Waals surface area (Å²) in [5.41, 5.74) is -0.342. The SMILES string of the molecule is CC(C)(C)OC(=O)N1C[C@H]2C[C@@H]1CN2c1nc(Cl)nc2c(F)c(Br)ccc12. The third kappa shape index (κ3) is 3.33. The zero-order valence-electron chi connectivity index (χ0n) is 15.2. The molecule has 0 spiro atoms. The molecule has 2 aliphatic rings. The summed E-state index contributed by atoms with van der Waals surface area (Å²) in [6, 6.07) is 3.54. The molecule has 6 nitrogen and oxygen atoms in total. The molecule has 2 saturated heterocycles. The Labute approximate surface area is 169 Å². The highest BCUT2D eigenvalue weighted by Gasteiger charge is 2.47. The number of benzene rings is 1. The van der Waals surface area contributed by atoms with Crippen LogP contribution in [0.15, 0.2) is 16.6 Å². The molecule has 3 heterocycles. The molecule has 2 aromatic rings. The summed E-state index contributed by atoms with van der Waals surface area (Å²) in [6.45, 7) is 6.71. The fourth-order valence-corrected chi connectivity index (χ4v) is 4.27. The van der Waals surface area contributed by atoms with Gasteiger partial charge in [0.1, 0.15) is 16.9 Å². The molecule has 0 saturated carbocycles. The molecule has 4 rings (SSSR count). The number of rotatable bonds is 1. The molecule has 0 unspecified atom stereocenters. The second-order valence-electron chi connectivity index (χ2n) is 7.90. The van der Waals surface area contributed by atoms with E-state index in [4.69, 9.17) is 16.3 Å². The molecule has 1 aromatic carbocycles. The molecule has 27 heavy (non-hydrogen) atoms. The first kappa shape index (κ1) is 18.7. The van der Waals surface area contributed by atoms with Gasteiger partial charge in [-0.1, -0.05) is 0 Å². The van der Waals surface area contributed by atoms with Crippen molar-refractivity contribution in [2.24, 2.45) is 0 Å². The lowest BCUT2D eigenvalue weighted by Crippen LogP contribution is -2.50. The van der Waals surface area contributed by atoms with E-state index in [0.717, 1.165) is 6.42 Å². The van der Waals surface area contributed by atoms with E-state index >= 15 is 0 Å². The maximum atomic E-state index is 14.5. The Morgan fingerprint density at radius 2 is 2.04 bits per heavy atom. The first-order chi connectivity index (χ1) is 12.6. The fraction of sp³-hybridized carbons (Fsp3) is 0.500. The largest absolute Gasteiger partial charge is 0.444 e. The van der Waals surface area contributed by atoms with E-state index in [-0.39, 0.29) is 29.0 Å². The molecule has 144 valence electrons. The van der Waals surface area contributed by atoms with Crippen molar-refractivity contribution < 1.29 is 13.9 Å². The number of hydrogen-bond acceptors (Lipinski definition) is 5. The van der Waals surface area contributed by atoms with Crippen LogP contribution in [0.2, 0.25) is 5.28 Å². The third-order valence-corrected chi connectivity index (χ3v) is 5.63. The second kappa shape index (κ2) is 6.44. The summed E-state index contributed by atoms with van der Waals surface area (Å²) in [5, 5.41) is 0.609. The third-order valence-electron chi connectivity index (χ3n) is 4.85. The summed E-state index contributed by atoms with van der Waals surface area (Å²) in [5.74, 6) is 0.144. The van der Waals surface area contributed by atoms with E-state index in [1.54, 1.807) is 17.0 Å². The monoisotopic (exact) mass is 456 g/mol. The zero-order valence-corrected chi connectivity index (χ0v) is 17.5. The van der Waals surface area contributed by atoms with E-state index in [1.807, 2.05) is 20.8 Å². The van der Waals surface area contributed by atoms with Gasteiger partial charge in [-0.05, 0) is 66.9 Å². The lowest BCUT2D eigenvalue weighted by atomic mass is 10.2.